The molecule has 0 amide bonds. The van der Waals surface area contributed by atoms with E-state index >= 15 is 0 Å². The minimum absolute atomic E-state index is 0.264. The number of rotatable bonds is 6. The summed E-state index contributed by atoms with van der Waals surface area (Å²) in [7, 11) is 0. The second-order valence-corrected chi connectivity index (χ2v) is 6.27. The van der Waals surface area contributed by atoms with Crippen LogP contribution in [0.4, 0.5) is 0 Å². The van der Waals surface area contributed by atoms with Gasteiger partial charge in [-0.05, 0) is 37.6 Å². The number of hydrogen-bond donors (Lipinski definition) is 3. The van der Waals surface area contributed by atoms with Crippen LogP contribution >= 0.6 is 15.9 Å². The second kappa shape index (κ2) is 6.91. The first-order chi connectivity index (χ1) is 8.86. The van der Waals surface area contributed by atoms with Gasteiger partial charge >= 0.3 is 0 Å². The monoisotopic (exact) mass is 327 g/mol. The lowest BCUT2D eigenvalue weighted by atomic mass is 9.88. The number of nitrogens with zero attached hydrogens (tertiary/aromatic N) is 1. The molecule has 0 aromatic heterocycles. The van der Waals surface area contributed by atoms with Gasteiger partial charge in [0, 0.05) is 15.9 Å². The number of hydrogen-bond acceptors (Lipinski definition) is 3. The summed E-state index contributed by atoms with van der Waals surface area (Å²) in [5.74, 6) is 0.268. The van der Waals surface area contributed by atoms with Crippen molar-refractivity contribution in [2.24, 2.45) is 16.3 Å². The smallest absolute Gasteiger partial charge is 0.144 e. The zero-order valence-corrected chi connectivity index (χ0v) is 13.2. The van der Waals surface area contributed by atoms with Gasteiger partial charge in [-0.15, -0.1) is 0 Å². The molecular weight excluding hydrogens is 306 g/mol. The number of halogens is 1. The fourth-order valence-corrected chi connectivity index (χ4v) is 2.18. The van der Waals surface area contributed by atoms with Crippen LogP contribution in [-0.4, -0.2) is 17.6 Å². The van der Waals surface area contributed by atoms with Gasteiger partial charge in [0.1, 0.15) is 5.84 Å². The molecule has 0 bridgehead atoms. The van der Waals surface area contributed by atoms with Gasteiger partial charge in [-0.1, -0.05) is 47.1 Å². The van der Waals surface area contributed by atoms with Crippen LogP contribution in [0.15, 0.2) is 33.9 Å². The molecule has 4 N–H and O–H groups in total. The fourth-order valence-electron chi connectivity index (χ4n) is 1.76. The van der Waals surface area contributed by atoms with E-state index in [4.69, 9.17) is 10.9 Å². The molecular formula is C14H22BrN3O. The zero-order valence-electron chi connectivity index (χ0n) is 11.7. The maximum Gasteiger partial charge on any atom is 0.144 e. The van der Waals surface area contributed by atoms with E-state index in [0.717, 1.165) is 17.4 Å². The maximum absolute atomic E-state index is 8.72. The Hall–Kier alpha value is -1.07. The van der Waals surface area contributed by atoms with Crippen molar-refractivity contribution in [1.82, 2.24) is 5.32 Å². The molecule has 19 heavy (non-hydrogen) atoms. The summed E-state index contributed by atoms with van der Waals surface area (Å²) in [6.07, 6.45) is 0.807. The van der Waals surface area contributed by atoms with Crippen molar-refractivity contribution < 1.29 is 5.21 Å². The molecule has 1 aromatic rings. The van der Waals surface area contributed by atoms with E-state index in [1.54, 1.807) is 0 Å². The Bertz CT molecular complexity index is 446. The first-order valence-corrected chi connectivity index (χ1v) is 7.13. The minimum atomic E-state index is -0.307. The average molecular weight is 328 g/mol. The molecule has 0 aliphatic carbocycles. The van der Waals surface area contributed by atoms with Gasteiger partial charge in [0.05, 0.1) is 0 Å². The highest BCUT2D eigenvalue weighted by Crippen LogP contribution is 2.21. The van der Waals surface area contributed by atoms with Crippen molar-refractivity contribution >= 4 is 21.8 Å². The molecule has 1 rings (SSSR count). The highest BCUT2D eigenvalue weighted by atomic mass is 79.9. The molecule has 0 saturated heterocycles. The quantitative estimate of drug-likeness (QED) is 0.325. The molecule has 0 spiro atoms. The lowest BCUT2D eigenvalue weighted by Gasteiger charge is -2.24. The van der Waals surface area contributed by atoms with Crippen LogP contribution in [0.2, 0.25) is 0 Å². The predicted molar refractivity (Wildman–Crippen MR) is 82.4 cm³/mol. The SMILES string of the molecule is C[C@H](NCCC(C)(C)/C(N)=N/O)c1cccc(Br)c1. The number of amidine groups is 1. The molecule has 0 aliphatic heterocycles. The average Bonchev–Trinajstić information content (AvgIpc) is 2.37. The largest absolute Gasteiger partial charge is 0.409 e. The molecule has 5 heteroatoms. The van der Waals surface area contributed by atoms with Gasteiger partial charge in [0.15, 0.2) is 0 Å². The third kappa shape index (κ3) is 4.84. The topological polar surface area (TPSA) is 70.6 Å². The van der Waals surface area contributed by atoms with E-state index in [1.807, 2.05) is 26.0 Å². The summed E-state index contributed by atoms with van der Waals surface area (Å²) in [5.41, 5.74) is 6.59. The Morgan fingerprint density at radius 1 is 1.53 bits per heavy atom. The zero-order chi connectivity index (χ0) is 14.5. The Balaban J connectivity index is 2.50. The highest BCUT2D eigenvalue weighted by Gasteiger charge is 2.23. The summed E-state index contributed by atoms with van der Waals surface area (Å²) < 4.78 is 1.08. The number of oxime groups is 1. The normalized spacial score (nSPS) is 14.4. The van der Waals surface area contributed by atoms with Crippen molar-refractivity contribution in [2.45, 2.75) is 33.2 Å². The Labute approximate surface area is 123 Å². The molecule has 0 aliphatic rings. The minimum Gasteiger partial charge on any atom is -0.409 e. The molecule has 0 radical (unpaired) electrons. The van der Waals surface area contributed by atoms with Gasteiger partial charge < -0.3 is 16.3 Å². The standard InChI is InChI=1S/C14H22BrN3O/c1-10(11-5-4-6-12(15)9-11)17-8-7-14(2,3)13(16)18-19/h4-6,9-10,17,19H,7-8H2,1-3H3,(H2,16,18)/t10-/m0/s1. The van der Waals surface area contributed by atoms with Crippen molar-refractivity contribution in [2.75, 3.05) is 6.54 Å². The van der Waals surface area contributed by atoms with Crippen LogP contribution in [0, 0.1) is 5.41 Å². The fraction of sp³-hybridized carbons (Fsp3) is 0.500. The van der Waals surface area contributed by atoms with Gasteiger partial charge in [-0.2, -0.15) is 0 Å². The van der Waals surface area contributed by atoms with Gasteiger partial charge in [0.2, 0.25) is 0 Å². The highest BCUT2D eigenvalue weighted by molar-refractivity contribution is 9.10. The number of benzene rings is 1. The van der Waals surface area contributed by atoms with E-state index in [2.05, 4.69) is 45.5 Å². The van der Waals surface area contributed by atoms with Crippen LogP contribution in [0.5, 0.6) is 0 Å². The molecule has 1 atom stereocenters. The molecule has 106 valence electrons. The Morgan fingerprint density at radius 3 is 2.79 bits per heavy atom. The Morgan fingerprint density at radius 2 is 2.21 bits per heavy atom. The molecule has 4 nitrogen and oxygen atoms in total. The summed E-state index contributed by atoms with van der Waals surface area (Å²) >= 11 is 3.47. The molecule has 0 heterocycles. The van der Waals surface area contributed by atoms with Gasteiger partial charge in [-0.3, -0.25) is 0 Å². The van der Waals surface area contributed by atoms with E-state index in [0.29, 0.717) is 0 Å². The molecule has 1 aromatic carbocycles. The molecule has 0 fully saturated rings. The van der Waals surface area contributed by atoms with Crippen LogP contribution in [0.1, 0.15) is 38.8 Å². The van der Waals surface area contributed by atoms with Gasteiger partial charge in [0.25, 0.3) is 0 Å². The van der Waals surface area contributed by atoms with Crippen molar-refractivity contribution in [3.05, 3.63) is 34.3 Å². The first-order valence-electron chi connectivity index (χ1n) is 6.33. The van der Waals surface area contributed by atoms with Crippen molar-refractivity contribution in [1.29, 1.82) is 0 Å². The van der Waals surface area contributed by atoms with E-state index in [-0.39, 0.29) is 17.3 Å². The Kier molecular flexibility index (Phi) is 5.82. The van der Waals surface area contributed by atoms with Gasteiger partial charge in [-0.25, -0.2) is 0 Å². The van der Waals surface area contributed by atoms with E-state index in [1.165, 1.54) is 5.56 Å². The predicted octanol–water partition coefficient (Wildman–Crippen LogP) is 3.26. The summed E-state index contributed by atoms with van der Waals surface area (Å²) in [5, 5.41) is 15.3. The lowest BCUT2D eigenvalue weighted by molar-refractivity contribution is 0.304. The van der Waals surface area contributed by atoms with Crippen LogP contribution < -0.4 is 11.1 Å². The summed E-state index contributed by atoms with van der Waals surface area (Å²) in [6.45, 7) is 6.86. The van der Waals surface area contributed by atoms with Crippen LogP contribution in [0.3, 0.4) is 0 Å². The summed E-state index contributed by atoms with van der Waals surface area (Å²) in [6, 6.07) is 8.50. The third-order valence-corrected chi connectivity index (χ3v) is 3.84. The van der Waals surface area contributed by atoms with E-state index < -0.39 is 0 Å². The number of nitrogens with two attached hydrogens (primary N) is 1. The van der Waals surface area contributed by atoms with Crippen molar-refractivity contribution in [3.63, 3.8) is 0 Å². The first kappa shape index (κ1) is 16.0. The summed E-state index contributed by atoms with van der Waals surface area (Å²) in [4.78, 5) is 0. The second-order valence-electron chi connectivity index (χ2n) is 5.35. The maximum atomic E-state index is 8.72. The molecule has 0 unspecified atom stereocenters. The van der Waals surface area contributed by atoms with E-state index in [9.17, 15) is 0 Å². The molecule has 0 saturated carbocycles. The third-order valence-electron chi connectivity index (χ3n) is 3.35. The lowest BCUT2D eigenvalue weighted by Crippen LogP contribution is -2.35. The number of nitrogens with one attached hydrogen (secondary N) is 1. The van der Waals surface area contributed by atoms with Crippen LogP contribution in [0.25, 0.3) is 0 Å². The van der Waals surface area contributed by atoms with Crippen LogP contribution in [-0.2, 0) is 0 Å². The van der Waals surface area contributed by atoms with Crippen molar-refractivity contribution in [3.8, 4) is 0 Å².